The van der Waals surface area contributed by atoms with E-state index in [-0.39, 0.29) is 23.1 Å². The zero-order valence-electron chi connectivity index (χ0n) is 15.1. The predicted octanol–water partition coefficient (Wildman–Crippen LogP) is 0.972. The van der Waals surface area contributed by atoms with Crippen molar-refractivity contribution in [3.05, 3.63) is 29.9 Å². The molecule has 1 unspecified atom stereocenters. The molecule has 0 N–H and O–H groups in total. The van der Waals surface area contributed by atoms with Crippen molar-refractivity contribution in [2.75, 3.05) is 26.2 Å². The number of hydrogen-bond donors (Lipinski definition) is 0. The standard InChI is InChI=1S/C16H23N5O4S/c1-12-15(14(3)25-18-12)26(23,24)20-8-5-7-19(10-11-20)16(22)13(2)21-9-4-6-17-21/h4,6,9,13H,5,7-8,10-11H2,1-3H3. The Morgan fingerprint density at radius 2 is 2.00 bits per heavy atom. The van der Waals surface area contributed by atoms with E-state index in [0.29, 0.717) is 31.7 Å². The number of sulfonamides is 1. The molecular formula is C16H23N5O4S. The first-order valence-electron chi connectivity index (χ1n) is 8.53. The fourth-order valence-electron chi connectivity index (χ4n) is 3.21. The Morgan fingerprint density at radius 3 is 2.62 bits per heavy atom. The molecule has 1 aliphatic heterocycles. The Bertz CT molecular complexity index is 855. The smallest absolute Gasteiger partial charge is 0.248 e. The van der Waals surface area contributed by atoms with E-state index in [0.717, 1.165) is 0 Å². The summed E-state index contributed by atoms with van der Waals surface area (Å²) >= 11 is 0. The van der Waals surface area contributed by atoms with Crippen molar-refractivity contribution in [1.29, 1.82) is 0 Å². The van der Waals surface area contributed by atoms with Crippen molar-refractivity contribution in [2.24, 2.45) is 0 Å². The highest BCUT2D eigenvalue weighted by Gasteiger charge is 2.33. The Hall–Kier alpha value is -2.20. The number of nitrogens with zero attached hydrogens (tertiary/aromatic N) is 5. The number of carbonyl (C=O) groups is 1. The van der Waals surface area contributed by atoms with Crippen molar-refractivity contribution in [1.82, 2.24) is 24.1 Å². The zero-order chi connectivity index (χ0) is 18.9. The highest BCUT2D eigenvalue weighted by atomic mass is 32.2. The van der Waals surface area contributed by atoms with E-state index in [1.165, 1.54) is 4.31 Å². The van der Waals surface area contributed by atoms with Crippen LogP contribution in [0.4, 0.5) is 0 Å². The molecule has 1 amide bonds. The number of hydrogen-bond acceptors (Lipinski definition) is 6. The number of carbonyl (C=O) groups excluding carboxylic acids is 1. The van der Waals surface area contributed by atoms with E-state index in [9.17, 15) is 13.2 Å². The van der Waals surface area contributed by atoms with E-state index in [1.54, 1.807) is 48.8 Å². The monoisotopic (exact) mass is 381 g/mol. The van der Waals surface area contributed by atoms with Crippen molar-refractivity contribution < 1.29 is 17.7 Å². The molecule has 1 fully saturated rings. The second-order valence-electron chi connectivity index (χ2n) is 6.40. The van der Waals surface area contributed by atoms with Gasteiger partial charge >= 0.3 is 0 Å². The van der Waals surface area contributed by atoms with Crippen LogP contribution in [0.15, 0.2) is 27.9 Å². The molecule has 2 aromatic heterocycles. The van der Waals surface area contributed by atoms with Crippen LogP contribution in [0.25, 0.3) is 0 Å². The van der Waals surface area contributed by atoms with Gasteiger partial charge in [0.25, 0.3) is 0 Å². The SMILES string of the molecule is Cc1noc(C)c1S(=O)(=O)N1CCCN(C(=O)C(C)n2cccn2)CC1. The molecule has 0 spiro atoms. The van der Waals surface area contributed by atoms with Crippen LogP contribution in [-0.2, 0) is 14.8 Å². The molecule has 26 heavy (non-hydrogen) atoms. The maximum atomic E-state index is 12.9. The molecule has 1 aliphatic rings. The minimum absolute atomic E-state index is 0.0645. The molecule has 142 valence electrons. The lowest BCUT2D eigenvalue weighted by molar-refractivity contribution is -0.134. The molecule has 10 heteroatoms. The van der Waals surface area contributed by atoms with Gasteiger partial charge < -0.3 is 9.42 Å². The van der Waals surface area contributed by atoms with E-state index in [1.807, 2.05) is 0 Å². The lowest BCUT2D eigenvalue weighted by atomic mass is 10.2. The molecule has 2 aromatic rings. The van der Waals surface area contributed by atoms with Crippen LogP contribution < -0.4 is 0 Å². The second kappa shape index (κ2) is 7.20. The average molecular weight is 381 g/mol. The van der Waals surface area contributed by atoms with Gasteiger partial charge in [-0.1, -0.05) is 5.16 Å². The van der Waals surface area contributed by atoms with Crippen molar-refractivity contribution in [3.8, 4) is 0 Å². The highest BCUT2D eigenvalue weighted by molar-refractivity contribution is 7.89. The lowest BCUT2D eigenvalue weighted by Gasteiger charge is -2.24. The second-order valence-corrected chi connectivity index (χ2v) is 8.27. The molecule has 1 saturated heterocycles. The van der Waals surface area contributed by atoms with Crippen LogP contribution in [0.1, 0.15) is 30.8 Å². The minimum Gasteiger partial charge on any atom is -0.360 e. The van der Waals surface area contributed by atoms with Crippen molar-refractivity contribution >= 4 is 15.9 Å². The molecule has 0 saturated carbocycles. The Balaban J connectivity index is 1.73. The van der Waals surface area contributed by atoms with Crippen LogP contribution in [0, 0.1) is 13.8 Å². The van der Waals surface area contributed by atoms with E-state index < -0.39 is 16.1 Å². The van der Waals surface area contributed by atoms with Gasteiger partial charge in [-0.25, -0.2) is 8.42 Å². The highest BCUT2D eigenvalue weighted by Crippen LogP contribution is 2.24. The molecule has 0 bridgehead atoms. The van der Waals surface area contributed by atoms with E-state index >= 15 is 0 Å². The third kappa shape index (κ3) is 3.38. The molecule has 9 nitrogen and oxygen atoms in total. The van der Waals surface area contributed by atoms with Crippen LogP contribution in [0.2, 0.25) is 0 Å². The zero-order valence-corrected chi connectivity index (χ0v) is 15.9. The van der Waals surface area contributed by atoms with Crippen molar-refractivity contribution in [3.63, 3.8) is 0 Å². The van der Waals surface area contributed by atoms with Gasteiger partial charge in [-0.3, -0.25) is 9.48 Å². The molecule has 0 aromatic carbocycles. The topological polar surface area (TPSA) is 102 Å². The summed E-state index contributed by atoms with van der Waals surface area (Å²) in [6.45, 7) is 6.44. The maximum absolute atomic E-state index is 12.9. The molecular weight excluding hydrogens is 358 g/mol. The number of aryl methyl sites for hydroxylation is 2. The summed E-state index contributed by atoms with van der Waals surface area (Å²) in [4.78, 5) is 14.5. The largest absolute Gasteiger partial charge is 0.360 e. The Morgan fingerprint density at radius 1 is 1.23 bits per heavy atom. The van der Waals surface area contributed by atoms with Crippen LogP contribution in [-0.4, -0.2) is 64.6 Å². The number of amides is 1. The van der Waals surface area contributed by atoms with Gasteiger partial charge in [0.15, 0.2) is 5.76 Å². The summed E-state index contributed by atoms with van der Waals surface area (Å²) in [7, 11) is -3.69. The normalized spacial score (nSPS) is 17.9. The van der Waals surface area contributed by atoms with Crippen LogP contribution in [0.3, 0.4) is 0 Å². The number of rotatable bonds is 4. The third-order valence-electron chi connectivity index (χ3n) is 4.61. The molecule has 1 atom stereocenters. The van der Waals surface area contributed by atoms with E-state index in [4.69, 9.17) is 4.52 Å². The summed E-state index contributed by atoms with van der Waals surface area (Å²) in [6, 6.07) is 1.35. The van der Waals surface area contributed by atoms with Gasteiger partial charge in [-0.05, 0) is 33.3 Å². The first kappa shape index (κ1) is 18.6. The quantitative estimate of drug-likeness (QED) is 0.782. The third-order valence-corrected chi connectivity index (χ3v) is 6.76. The summed E-state index contributed by atoms with van der Waals surface area (Å²) in [5.74, 6) is 0.220. The average Bonchev–Trinajstić information content (AvgIpc) is 3.17. The molecule has 0 aliphatic carbocycles. The van der Waals surface area contributed by atoms with Crippen LogP contribution in [0.5, 0.6) is 0 Å². The fraction of sp³-hybridized carbons (Fsp3) is 0.562. The summed E-state index contributed by atoms with van der Waals surface area (Å²) in [6.07, 6.45) is 3.94. The fourth-order valence-corrected chi connectivity index (χ4v) is 4.97. The van der Waals surface area contributed by atoms with Crippen LogP contribution >= 0.6 is 0 Å². The van der Waals surface area contributed by atoms with Crippen molar-refractivity contribution in [2.45, 2.75) is 38.1 Å². The van der Waals surface area contributed by atoms with Gasteiger partial charge in [-0.15, -0.1) is 0 Å². The molecule has 0 radical (unpaired) electrons. The van der Waals surface area contributed by atoms with Gasteiger partial charge in [0.05, 0.1) is 0 Å². The first-order chi connectivity index (χ1) is 12.3. The van der Waals surface area contributed by atoms with Gasteiger partial charge in [0, 0.05) is 38.6 Å². The summed E-state index contributed by atoms with van der Waals surface area (Å²) in [5, 5.41) is 7.85. The predicted molar refractivity (Wildman–Crippen MR) is 92.9 cm³/mol. The number of aromatic nitrogens is 3. The Labute approximate surface area is 152 Å². The molecule has 3 heterocycles. The van der Waals surface area contributed by atoms with E-state index in [2.05, 4.69) is 10.3 Å². The van der Waals surface area contributed by atoms with Gasteiger partial charge in [0.2, 0.25) is 15.9 Å². The lowest BCUT2D eigenvalue weighted by Crippen LogP contribution is -2.40. The Kier molecular flexibility index (Phi) is 5.15. The first-order valence-corrected chi connectivity index (χ1v) is 9.97. The maximum Gasteiger partial charge on any atom is 0.248 e. The van der Waals surface area contributed by atoms with Gasteiger partial charge in [-0.2, -0.15) is 9.40 Å². The van der Waals surface area contributed by atoms with Gasteiger partial charge in [0.1, 0.15) is 16.6 Å². The minimum atomic E-state index is -3.69. The summed E-state index contributed by atoms with van der Waals surface area (Å²) < 4.78 is 33.9. The summed E-state index contributed by atoms with van der Waals surface area (Å²) in [5.41, 5.74) is 0.354. The molecule has 3 rings (SSSR count).